The second-order valence-electron chi connectivity index (χ2n) is 23.1. The standard InChI is InChI=1S/C78H60N6/c1-46-27-47(2)32-60(31-46)56-19-23-70-65(39-56)66-40-57(61-33-48(3)28-49(4)34-61)20-24-71(66)83(70)74-44-69(78-81-76(54-15-11-9-12-16-54)80-77(82-78)55-17-13-10-14-18-55)75(43-64(74)45-79)84-72-25-21-58(62-35-50(5)29-51(6)36-62)41-67(72)68-42-59(22-26-73(68)84)63-37-52(7)30-53(8)38-63/h9-44H,1-8H3. The van der Waals surface area contributed by atoms with Gasteiger partial charge in [-0.2, -0.15) is 5.26 Å². The van der Waals surface area contributed by atoms with E-state index in [9.17, 15) is 5.26 Å². The summed E-state index contributed by atoms with van der Waals surface area (Å²) in [5.74, 6) is 1.57. The van der Waals surface area contributed by atoms with E-state index in [1.807, 2.05) is 60.7 Å². The maximum atomic E-state index is 11.8. The zero-order valence-electron chi connectivity index (χ0n) is 48.5. The van der Waals surface area contributed by atoms with Gasteiger partial charge in [-0.25, -0.2) is 15.0 Å². The topological polar surface area (TPSA) is 72.3 Å². The summed E-state index contributed by atoms with van der Waals surface area (Å²) in [6.07, 6.45) is 0. The van der Waals surface area contributed by atoms with Gasteiger partial charge in [-0.05, 0) is 161 Å². The van der Waals surface area contributed by atoms with Gasteiger partial charge in [-0.3, -0.25) is 0 Å². The minimum absolute atomic E-state index is 0.479. The van der Waals surface area contributed by atoms with E-state index in [1.165, 1.54) is 44.5 Å². The highest BCUT2D eigenvalue weighted by Gasteiger charge is 2.26. The van der Waals surface area contributed by atoms with Crippen molar-refractivity contribution in [2.24, 2.45) is 0 Å². The molecule has 0 bridgehead atoms. The van der Waals surface area contributed by atoms with Gasteiger partial charge in [0.1, 0.15) is 6.07 Å². The van der Waals surface area contributed by atoms with Crippen molar-refractivity contribution in [3.05, 3.63) is 268 Å². The number of hydrogen-bond acceptors (Lipinski definition) is 4. The molecule has 3 heterocycles. The first-order valence-corrected chi connectivity index (χ1v) is 28.8. The molecule has 0 radical (unpaired) electrons. The number of fused-ring (bicyclic) bond motifs is 6. The molecule has 11 aromatic carbocycles. The van der Waals surface area contributed by atoms with Gasteiger partial charge in [0.25, 0.3) is 0 Å². The number of aryl methyl sites for hydroxylation is 8. The van der Waals surface area contributed by atoms with E-state index in [-0.39, 0.29) is 0 Å². The van der Waals surface area contributed by atoms with E-state index in [2.05, 4.69) is 228 Å². The number of benzene rings is 11. The molecular weight excluding hydrogens is 1020 g/mol. The predicted octanol–water partition coefficient (Wildman–Crippen LogP) is 20.1. The minimum atomic E-state index is 0.479. The third-order valence-corrected chi connectivity index (χ3v) is 16.4. The lowest BCUT2D eigenvalue weighted by atomic mass is 9.97. The SMILES string of the molecule is Cc1cc(C)cc(-c2ccc3c(c2)c2cc(-c4cc(C)cc(C)c4)ccc2n3-c2cc(-c3nc(-c4ccccc4)nc(-c4ccccc4)n3)c(-n3c4ccc(-c5cc(C)cc(C)c5)cc4c4cc(-c5cc(C)cc(C)c5)ccc43)cc2C#N)c1. The highest BCUT2D eigenvalue weighted by molar-refractivity contribution is 6.14. The smallest absolute Gasteiger partial charge is 0.166 e. The zero-order chi connectivity index (χ0) is 57.5. The van der Waals surface area contributed by atoms with Gasteiger partial charge in [0.2, 0.25) is 0 Å². The maximum absolute atomic E-state index is 11.8. The summed E-state index contributed by atoms with van der Waals surface area (Å²) in [4.78, 5) is 16.1. The molecule has 0 saturated heterocycles. The Labute approximate surface area is 490 Å². The Balaban J connectivity index is 1.10. The van der Waals surface area contributed by atoms with Crippen LogP contribution in [-0.2, 0) is 0 Å². The van der Waals surface area contributed by atoms with Gasteiger partial charge in [-0.1, -0.05) is 202 Å². The van der Waals surface area contributed by atoms with Crippen molar-refractivity contribution in [3.8, 4) is 96.1 Å². The Morgan fingerprint density at radius 1 is 0.274 bits per heavy atom. The van der Waals surface area contributed by atoms with Gasteiger partial charge in [0.15, 0.2) is 17.5 Å². The van der Waals surface area contributed by atoms with E-state index in [1.54, 1.807) is 0 Å². The second kappa shape index (κ2) is 20.5. The van der Waals surface area contributed by atoms with Crippen molar-refractivity contribution in [2.45, 2.75) is 55.4 Å². The first-order chi connectivity index (χ1) is 40.8. The Morgan fingerprint density at radius 3 is 0.881 bits per heavy atom. The Hall–Kier alpha value is -10.5. The molecule has 14 rings (SSSR count). The summed E-state index contributed by atoms with van der Waals surface area (Å²) in [7, 11) is 0. The van der Waals surface area contributed by atoms with E-state index in [0.29, 0.717) is 28.7 Å². The van der Waals surface area contributed by atoms with Gasteiger partial charge in [0, 0.05) is 38.2 Å². The average Bonchev–Trinajstić information content (AvgIpc) is 2.08. The van der Waals surface area contributed by atoms with Crippen LogP contribution in [-0.4, -0.2) is 24.1 Å². The lowest BCUT2D eigenvalue weighted by molar-refractivity contribution is 1.06. The minimum Gasteiger partial charge on any atom is -0.308 e. The molecule has 0 aliphatic heterocycles. The van der Waals surface area contributed by atoms with Crippen LogP contribution in [0.4, 0.5) is 0 Å². The van der Waals surface area contributed by atoms with Crippen LogP contribution in [0, 0.1) is 66.7 Å². The third kappa shape index (κ3) is 9.30. The lowest BCUT2D eigenvalue weighted by Gasteiger charge is -2.19. The Morgan fingerprint density at radius 2 is 0.571 bits per heavy atom. The summed E-state index contributed by atoms with van der Waals surface area (Å²) >= 11 is 0. The quantitative estimate of drug-likeness (QED) is 0.144. The van der Waals surface area contributed by atoms with Crippen molar-refractivity contribution < 1.29 is 0 Å². The molecule has 0 fully saturated rings. The monoisotopic (exact) mass is 1080 g/mol. The summed E-state index contributed by atoms with van der Waals surface area (Å²) in [5.41, 5.74) is 27.3. The summed E-state index contributed by atoms with van der Waals surface area (Å²) in [5, 5.41) is 16.2. The van der Waals surface area contributed by atoms with Crippen LogP contribution in [0.3, 0.4) is 0 Å². The molecule has 6 nitrogen and oxygen atoms in total. The molecule has 0 unspecified atom stereocenters. The molecule has 402 valence electrons. The molecule has 0 aliphatic carbocycles. The number of hydrogen-bond donors (Lipinski definition) is 0. The van der Waals surface area contributed by atoms with Gasteiger partial charge in [0.05, 0.1) is 39.0 Å². The van der Waals surface area contributed by atoms with Gasteiger partial charge in [-0.15, -0.1) is 0 Å². The van der Waals surface area contributed by atoms with Crippen molar-refractivity contribution in [1.29, 1.82) is 5.26 Å². The van der Waals surface area contributed by atoms with E-state index < -0.39 is 0 Å². The largest absolute Gasteiger partial charge is 0.308 e. The molecule has 14 aromatic rings. The maximum Gasteiger partial charge on any atom is 0.166 e. The fraction of sp³-hybridized carbons (Fsp3) is 0.103. The van der Waals surface area contributed by atoms with Crippen LogP contribution < -0.4 is 0 Å². The van der Waals surface area contributed by atoms with Crippen molar-refractivity contribution in [2.75, 3.05) is 0 Å². The predicted molar refractivity (Wildman–Crippen MR) is 349 cm³/mol. The first-order valence-electron chi connectivity index (χ1n) is 28.8. The van der Waals surface area contributed by atoms with Gasteiger partial charge < -0.3 is 9.13 Å². The normalized spacial score (nSPS) is 11.6. The van der Waals surface area contributed by atoms with E-state index >= 15 is 0 Å². The number of nitrogens with zero attached hydrogens (tertiary/aromatic N) is 6. The fourth-order valence-electron chi connectivity index (χ4n) is 13.0. The van der Waals surface area contributed by atoms with Crippen LogP contribution >= 0.6 is 0 Å². The summed E-state index contributed by atoms with van der Waals surface area (Å²) in [6.45, 7) is 17.3. The molecule has 3 aromatic heterocycles. The van der Waals surface area contributed by atoms with Crippen molar-refractivity contribution in [1.82, 2.24) is 24.1 Å². The molecule has 0 amide bonds. The van der Waals surface area contributed by atoms with E-state index in [0.717, 1.165) is 110 Å². The third-order valence-electron chi connectivity index (χ3n) is 16.4. The zero-order valence-corrected chi connectivity index (χ0v) is 48.5. The Kier molecular flexibility index (Phi) is 12.6. The van der Waals surface area contributed by atoms with Crippen molar-refractivity contribution in [3.63, 3.8) is 0 Å². The van der Waals surface area contributed by atoms with Gasteiger partial charge >= 0.3 is 0 Å². The van der Waals surface area contributed by atoms with Crippen LogP contribution in [0.2, 0.25) is 0 Å². The molecule has 0 aliphatic rings. The Bertz CT molecular complexity index is 4700. The number of nitriles is 1. The second-order valence-corrected chi connectivity index (χ2v) is 23.1. The number of aromatic nitrogens is 5. The fourth-order valence-corrected chi connectivity index (χ4v) is 13.0. The molecule has 0 spiro atoms. The molecular formula is C78H60N6. The highest BCUT2D eigenvalue weighted by atomic mass is 15.1. The molecule has 84 heavy (non-hydrogen) atoms. The molecule has 6 heteroatoms. The average molecular weight is 1080 g/mol. The number of rotatable bonds is 9. The highest BCUT2D eigenvalue weighted by Crippen LogP contribution is 2.44. The van der Waals surface area contributed by atoms with Crippen molar-refractivity contribution >= 4 is 43.6 Å². The van der Waals surface area contributed by atoms with E-state index in [4.69, 9.17) is 15.0 Å². The van der Waals surface area contributed by atoms with Crippen LogP contribution in [0.1, 0.15) is 50.1 Å². The first kappa shape index (κ1) is 51.7. The molecule has 0 saturated carbocycles. The van der Waals surface area contributed by atoms with Crippen LogP contribution in [0.15, 0.2) is 218 Å². The lowest BCUT2D eigenvalue weighted by Crippen LogP contribution is -2.07. The molecule has 0 atom stereocenters. The van der Waals surface area contributed by atoms with Crippen LogP contribution in [0.5, 0.6) is 0 Å². The summed E-state index contributed by atoms with van der Waals surface area (Å²) in [6, 6.07) is 81.5. The molecule has 0 N–H and O–H groups in total. The van der Waals surface area contributed by atoms with Crippen LogP contribution in [0.25, 0.3) is 134 Å². The summed E-state index contributed by atoms with van der Waals surface area (Å²) < 4.78 is 4.61.